The number of nitrogens with one attached hydrogen (secondary N) is 1. The molecule has 0 aliphatic carbocycles. The lowest BCUT2D eigenvalue weighted by Gasteiger charge is -2.23. The molecule has 0 radical (unpaired) electrons. The molecule has 0 unspecified atom stereocenters. The molecule has 0 spiro atoms. The van der Waals surface area contributed by atoms with Crippen molar-refractivity contribution in [3.8, 4) is 0 Å². The van der Waals surface area contributed by atoms with Gasteiger partial charge in [-0.1, -0.05) is 18.2 Å². The number of fused-ring (bicyclic) bond motifs is 1. The van der Waals surface area contributed by atoms with Gasteiger partial charge in [0, 0.05) is 30.1 Å². The van der Waals surface area contributed by atoms with Gasteiger partial charge in [-0.25, -0.2) is 8.78 Å². The highest BCUT2D eigenvalue weighted by atomic mass is 127. The van der Waals surface area contributed by atoms with Gasteiger partial charge in [-0.05, 0) is 41.1 Å². The van der Waals surface area contributed by atoms with Crippen LogP contribution in [0.25, 0.3) is 10.9 Å². The maximum absolute atomic E-state index is 14.2. The van der Waals surface area contributed by atoms with Crippen LogP contribution >= 0.6 is 22.6 Å². The fourth-order valence-electron chi connectivity index (χ4n) is 3.77. The lowest BCUT2D eigenvalue weighted by Crippen LogP contribution is -2.46. The molecule has 1 aliphatic heterocycles. The number of alkyl halides is 1. The van der Waals surface area contributed by atoms with E-state index in [-0.39, 0.29) is 31.9 Å². The van der Waals surface area contributed by atoms with Crippen LogP contribution in [0.2, 0.25) is 0 Å². The first-order valence-corrected chi connectivity index (χ1v) is 10.8. The highest BCUT2D eigenvalue weighted by Gasteiger charge is 2.39. The van der Waals surface area contributed by atoms with Crippen LogP contribution in [0.3, 0.4) is 0 Å². The standard InChI is InChI=1S/C21H20F2IN5O2/c1-12-3-2-4-13(19(12)23)8-26-21(31)16-7-14(22)10-28(16)18(30)11-29-17-9-25-6-5-15(17)20(24)27-29/h2-6,9,14,16H,7-8,10-11H2,1H3,(H,26,31)/t14-,16+/m1/s1. The zero-order valence-electron chi connectivity index (χ0n) is 16.7. The quantitative estimate of drug-likeness (QED) is 0.506. The van der Waals surface area contributed by atoms with Gasteiger partial charge in [-0.15, -0.1) is 0 Å². The first-order valence-electron chi connectivity index (χ1n) is 9.76. The smallest absolute Gasteiger partial charge is 0.245 e. The van der Waals surface area contributed by atoms with E-state index >= 15 is 0 Å². The molecule has 162 valence electrons. The number of amides is 2. The van der Waals surface area contributed by atoms with Crippen molar-refractivity contribution >= 4 is 45.3 Å². The zero-order valence-corrected chi connectivity index (χ0v) is 18.8. The summed E-state index contributed by atoms with van der Waals surface area (Å²) in [5.74, 6) is -1.30. The molecule has 1 aromatic carbocycles. The Morgan fingerprint density at radius 2 is 2.13 bits per heavy atom. The second-order valence-corrected chi connectivity index (χ2v) is 8.52. The van der Waals surface area contributed by atoms with E-state index in [0.29, 0.717) is 16.6 Å². The lowest BCUT2D eigenvalue weighted by molar-refractivity contribution is -0.139. The summed E-state index contributed by atoms with van der Waals surface area (Å²) >= 11 is 2.07. The summed E-state index contributed by atoms with van der Waals surface area (Å²) in [4.78, 5) is 31.0. The fraction of sp³-hybridized carbons (Fsp3) is 0.333. The number of hydrogen-bond acceptors (Lipinski definition) is 4. The van der Waals surface area contributed by atoms with Gasteiger partial charge in [0.1, 0.15) is 28.3 Å². The first-order chi connectivity index (χ1) is 14.8. The third-order valence-corrected chi connectivity index (χ3v) is 6.19. The van der Waals surface area contributed by atoms with Crippen molar-refractivity contribution in [3.63, 3.8) is 0 Å². The molecule has 3 aromatic rings. The van der Waals surface area contributed by atoms with Crippen LogP contribution in [0, 0.1) is 16.4 Å². The van der Waals surface area contributed by atoms with E-state index in [4.69, 9.17) is 0 Å². The van der Waals surface area contributed by atoms with Gasteiger partial charge in [0.05, 0.1) is 18.3 Å². The molecule has 1 aliphatic rings. The molecule has 2 atom stereocenters. The van der Waals surface area contributed by atoms with Gasteiger partial charge in [0.15, 0.2) is 0 Å². The van der Waals surface area contributed by atoms with Crippen LogP contribution in [0.1, 0.15) is 17.5 Å². The number of rotatable bonds is 5. The number of benzene rings is 1. The number of pyridine rings is 1. The molecule has 1 N–H and O–H groups in total. The second kappa shape index (κ2) is 8.85. The second-order valence-electron chi connectivity index (χ2n) is 7.50. The molecule has 1 saturated heterocycles. The monoisotopic (exact) mass is 539 g/mol. The highest BCUT2D eigenvalue weighted by Crippen LogP contribution is 2.23. The van der Waals surface area contributed by atoms with Crippen molar-refractivity contribution in [3.05, 3.63) is 57.3 Å². The average molecular weight is 539 g/mol. The minimum Gasteiger partial charge on any atom is -0.350 e. The summed E-state index contributed by atoms with van der Waals surface area (Å²) < 4.78 is 30.6. The number of aryl methyl sites for hydroxylation is 1. The Morgan fingerprint density at radius 3 is 2.94 bits per heavy atom. The van der Waals surface area contributed by atoms with Crippen LogP contribution < -0.4 is 5.32 Å². The number of likely N-dealkylation sites (tertiary alicyclic amines) is 1. The van der Waals surface area contributed by atoms with Gasteiger partial charge in [0.2, 0.25) is 11.8 Å². The molecule has 0 bridgehead atoms. The van der Waals surface area contributed by atoms with Crippen LogP contribution in [-0.2, 0) is 22.7 Å². The third-order valence-electron chi connectivity index (χ3n) is 5.39. The predicted molar refractivity (Wildman–Crippen MR) is 118 cm³/mol. The summed E-state index contributed by atoms with van der Waals surface area (Å²) in [7, 11) is 0. The maximum Gasteiger partial charge on any atom is 0.245 e. The molecule has 10 heteroatoms. The van der Waals surface area contributed by atoms with Crippen molar-refractivity contribution in [1.29, 1.82) is 0 Å². The Hall–Kier alpha value is -2.63. The van der Waals surface area contributed by atoms with Crippen molar-refractivity contribution < 1.29 is 18.4 Å². The number of hydrogen-bond donors (Lipinski definition) is 1. The van der Waals surface area contributed by atoms with Gasteiger partial charge >= 0.3 is 0 Å². The minimum absolute atomic E-state index is 0.0323. The van der Waals surface area contributed by atoms with E-state index in [9.17, 15) is 18.4 Å². The maximum atomic E-state index is 14.2. The molecule has 3 heterocycles. The summed E-state index contributed by atoms with van der Waals surface area (Å²) in [5.41, 5.74) is 1.50. The Bertz CT molecular complexity index is 1150. The van der Waals surface area contributed by atoms with E-state index < -0.39 is 24.0 Å². The van der Waals surface area contributed by atoms with Gasteiger partial charge in [0.25, 0.3) is 0 Å². The molecule has 7 nitrogen and oxygen atoms in total. The first kappa shape index (κ1) is 21.6. The minimum atomic E-state index is -1.30. The molecule has 31 heavy (non-hydrogen) atoms. The van der Waals surface area contributed by atoms with E-state index in [0.717, 1.165) is 9.09 Å². The number of aromatic nitrogens is 3. The van der Waals surface area contributed by atoms with Crippen molar-refractivity contribution in [2.24, 2.45) is 0 Å². The Labute approximate surface area is 191 Å². The lowest BCUT2D eigenvalue weighted by atomic mass is 10.1. The van der Waals surface area contributed by atoms with Crippen molar-refractivity contribution in [2.75, 3.05) is 6.54 Å². The zero-order chi connectivity index (χ0) is 22.1. The van der Waals surface area contributed by atoms with Crippen molar-refractivity contribution in [1.82, 2.24) is 25.0 Å². The Balaban J connectivity index is 1.47. The summed E-state index contributed by atoms with van der Waals surface area (Å²) in [6.45, 7) is 1.31. The Morgan fingerprint density at radius 1 is 1.32 bits per heavy atom. The third kappa shape index (κ3) is 4.39. The molecule has 2 aromatic heterocycles. The van der Waals surface area contributed by atoms with Crippen LogP contribution in [-0.4, -0.2) is 50.2 Å². The van der Waals surface area contributed by atoms with Gasteiger partial charge < -0.3 is 10.2 Å². The van der Waals surface area contributed by atoms with Crippen LogP contribution in [0.5, 0.6) is 0 Å². The summed E-state index contributed by atoms with van der Waals surface area (Å²) in [6.07, 6.45) is 1.86. The summed E-state index contributed by atoms with van der Waals surface area (Å²) in [5, 5.41) is 7.87. The largest absolute Gasteiger partial charge is 0.350 e. The van der Waals surface area contributed by atoms with Gasteiger partial charge in [-0.3, -0.25) is 19.3 Å². The number of carbonyl (C=O) groups is 2. The molecular weight excluding hydrogens is 519 g/mol. The van der Waals surface area contributed by atoms with E-state index in [1.807, 2.05) is 0 Å². The van der Waals surface area contributed by atoms with Gasteiger partial charge in [-0.2, -0.15) is 5.10 Å². The Kier molecular flexibility index (Phi) is 6.17. The average Bonchev–Trinajstić information content (AvgIpc) is 3.29. The normalized spacial score (nSPS) is 18.5. The summed E-state index contributed by atoms with van der Waals surface area (Å²) in [6, 6.07) is 5.78. The molecule has 4 rings (SSSR count). The van der Waals surface area contributed by atoms with Crippen LogP contribution in [0.15, 0.2) is 36.7 Å². The topological polar surface area (TPSA) is 80.1 Å². The fourth-order valence-corrected chi connectivity index (χ4v) is 4.49. The molecule has 1 fully saturated rings. The number of nitrogens with zero attached hydrogens (tertiary/aromatic N) is 4. The van der Waals surface area contributed by atoms with Crippen molar-refractivity contribution in [2.45, 2.75) is 38.6 Å². The SMILES string of the molecule is Cc1cccc(CNC(=O)[C@@H]2C[C@@H](F)CN2C(=O)Cn2nc(I)c3ccncc32)c1F. The van der Waals surface area contributed by atoms with E-state index in [2.05, 4.69) is 38.0 Å². The van der Waals surface area contributed by atoms with Crippen LogP contribution in [0.4, 0.5) is 8.78 Å². The predicted octanol–water partition coefficient (Wildman–Crippen LogP) is 2.74. The number of carbonyl (C=O) groups excluding carboxylic acids is 2. The number of halogens is 3. The molecule has 0 saturated carbocycles. The van der Waals surface area contributed by atoms with E-state index in [1.54, 1.807) is 43.6 Å². The molecular formula is C21H20F2IN5O2. The molecule has 2 amide bonds. The highest BCUT2D eigenvalue weighted by molar-refractivity contribution is 14.1. The van der Waals surface area contributed by atoms with E-state index in [1.165, 1.54) is 9.58 Å².